The lowest BCUT2D eigenvalue weighted by atomic mass is 10.4. The van der Waals surface area contributed by atoms with Crippen LogP contribution < -0.4 is 4.74 Å². The summed E-state index contributed by atoms with van der Waals surface area (Å²) in [6.45, 7) is -0.470. The highest BCUT2D eigenvalue weighted by Crippen LogP contribution is 2.24. The van der Waals surface area contributed by atoms with Gasteiger partial charge in [-0.2, -0.15) is 0 Å². The Morgan fingerprint density at radius 3 is 2.92 bits per heavy atom. The Morgan fingerprint density at radius 2 is 2.31 bits per heavy atom. The zero-order valence-electron chi connectivity index (χ0n) is 6.33. The molecule has 0 radical (unpaired) electrons. The van der Waals surface area contributed by atoms with E-state index >= 15 is 0 Å². The zero-order chi connectivity index (χ0) is 9.84. The lowest BCUT2D eigenvalue weighted by Gasteiger charge is -2.04. The second-order valence-electron chi connectivity index (χ2n) is 2.12. The van der Waals surface area contributed by atoms with E-state index in [2.05, 4.69) is 4.98 Å². The lowest BCUT2D eigenvalue weighted by molar-refractivity contribution is -0.139. The number of nitrogens with zero attached hydrogens (tertiary/aromatic N) is 1. The molecule has 70 valence electrons. The molecule has 0 fully saturated rings. The molecule has 0 unspecified atom stereocenters. The Labute approximate surface area is 84.1 Å². The van der Waals surface area contributed by atoms with Crippen molar-refractivity contribution in [2.75, 3.05) is 6.61 Å². The van der Waals surface area contributed by atoms with Crippen molar-refractivity contribution >= 4 is 29.2 Å². The predicted molar refractivity (Wildman–Crippen MR) is 47.4 cm³/mol. The van der Waals surface area contributed by atoms with Gasteiger partial charge in [-0.15, -0.1) is 0 Å². The molecule has 6 heteroatoms. The second-order valence-corrected chi connectivity index (χ2v) is 2.92. The number of ether oxygens (including phenoxy) is 1. The van der Waals surface area contributed by atoms with Crippen LogP contribution in [0.15, 0.2) is 12.3 Å². The van der Waals surface area contributed by atoms with Crippen molar-refractivity contribution in [2.24, 2.45) is 0 Å². The molecule has 0 saturated heterocycles. The maximum absolute atomic E-state index is 10.1. The summed E-state index contributed by atoms with van der Waals surface area (Å²) in [5, 5.41) is 8.74. The first-order chi connectivity index (χ1) is 6.09. The van der Waals surface area contributed by atoms with Crippen LogP contribution in [0.1, 0.15) is 0 Å². The standard InChI is InChI=1S/C7H5Cl2NO3/c8-4-1-5(7(9)10-2-4)13-3-6(11)12/h1-2H,3H2,(H,11,12). The Kier molecular flexibility index (Phi) is 3.33. The summed E-state index contributed by atoms with van der Waals surface area (Å²) in [6.07, 6.45) is 1.34. The van der Waals surface area contributed by atoms with Crippen molar-refractivity contribution in [2.45, 2.75) is 0 Å². The van der Waals surface area contributed by atoms with E-state index in [1.807, 2.05) is 0 Å². The number of rotatable bonds is 3. The van der Waals surface area contributed by atoms with Crippen LogP contribution in [0.3, 0.4) is 0 Å². The van der Waals surface area contributed by atoms with E-state index in [4.69, 9.17) is 33.0 Å². The van der Waals surface area contributed by atoms with E-state index in [0.29, 0.717) is 5.02 Å². The van der Waals surface area contributed by atoms with E-state index in [0.717, 1.165) is 0 Å². The number of hydrogen-bond donors (Lipinski definition) is 1. The van der Waals surface area contributed by atoms with Gasteiger partial charge in [-0.3, -0.25) is 0 Å². The molecule has 4 nitrogen and oxygen atoms in total. The van der Waals surface area contributed by atoms with Gasteiger partial charge >= 0.3 is 5.97 Å². The van der Waals surface area contributed by atoms with Gasteiger partial charge in [-0.1, -0.05) is 23.2 Å². The molecule has 0 bridgehead atoms. The monoisotopic (exact) mass is 221 g/mol. The van der Waals surface area contributed by atoms with Crippen molar-refractivity contribution in [3.8, 4) is 5.75 Å². The Morgan fingerprint density at radius 1 is 1.62 bits per heavy atom. The largest absolute Gasteiger partial charge is 0.479 e. The molecule has 1 heterocycles. The van der Waals surface area contributed by atoms with Gasteiger partial charge in [0.2, 0.25) is 0 Å². The maximum Gasteiger partial charge on any atom is 0.341 e. The average Bonchev–Trinajstić information content (AvgIpc) is 2.06. The number of halogens is 2. The molecule has 0 spiro atoms. The first kappa shape index (κ1) is 10.1. The molecule has 1 N–H and O–H groups in total. The maximum atomic E-state index is 10.1. The molecule has 1 aromatic rings. The molecular weight excluding hydrogens is 217 g/mol. The van der Waals surface area contributed by atoms with Crippen molar-refractivity contribution in [3.63, 3.8) is 0 Å². The Balaban J connectivity index is 2.75. The third kappa shape index (κ3) is 3.08. The second kappa shape index (κ2) is 4.30. The fraction of sp³-hybridized carbons (Fsp3) is 0.143. The quantitative estimate of drug-likeness (QED) is 0.792. The summed E-state index contributed by atoms with van der Waals surface area (Å²) < 4.78 is 4.80. The molecule has 1 rings (SSSR count). The molecule has 1 aromatic heterocycles. The van der Waals surface area contributed by atoms with Crippen LogP contribution in [-0.4, -0.2) is 22.7 Å². The van der Waals surface area contributed by atoms with Gasteiger partial charge in [0.15, 0.2) is 17.5 Å². The van der Waals surface area contributed by atoms with Crippen LogP contribution in [0.5, 0.6) is 5.75 Å². The smallest absolute Gasteiger partial charge is 0.341 e. The predicted octanol–water partition coefficient (Wildman–Crippen LogP) is 1.85. The highest BCUT2D eigenvalue weighted by Gasteiger charge is 2.05. The zero-order valence-corrected chi connectivity index (χ0v) is 7.84. The van der Waals surface area contributed by atoms with Crippen LogP contribution >= 0.6 is 23.2 Å². The van der Waals surface area contributed by atoms with Gasteiger partial charge in [0.05, 0.1) is 5.02 Å². The van der Waals surface area contributed by atoms with Gasteiger partial charge in [-0.25, -0.2) is 9.78 Å². The summed E-state index contributed by atoms with van der Waals surface area (Å²) in [6, 6.07) is 1.40. The SMILES string of the molecule is O=C(O)COc1cc(Cl)cnc1Cl. The fourth-order valence-electron chi connectivity index (χ4n) is 0.645. The first-order valence-corrected chi connectivity index (χ1v) is 4.01. The number of carboxylic acid groups (broad SMARTS) is 1. The lowest BCUT2D eigenvalue weighted by Crippen LogP contribution is -2.09. The molecule has 13 heavy (non-hydrogen) atoms. The number of pyridine rings is 1. The minimum atomic E-state index is -1.09. The number of aromatic nitrogens is 1. The minimum Gasteiger partial charge on any atom is -0.479 e. The van der Waals surface area contributed by atoms with Gasteiger partial charge < -0.3 is 9.84 Å². The molecular formula is C7H5Cl2NO3. The number of carbonyl (C=O) groups is 1. The summed E-state index contributed by atoms with van der Waals surface area (Å²) in [4.78, 5) is 13.8. The number of aliphatic carboxylic acids is 1. The molecule has 0 aliphatic rings. The van der Waals surface area contributed by atoms with Crippen LogP contribution in [-0.2, 0) is 4.79 Å². The normalized spacial score (nSPS) is 9.69. The Hall–Kier alpha value is -1.00. The topological polar surface area (TPSA) is 59.4 Å². The number of carboxylic acids is 1. The highest BCUT2D eigenvalue weighted by atomic mass is 35.5. The summed E-state index contributed by atoms with van der Waals surface area (Å²) in [7, 11) is 0. The van der Waals surface area contributed by atoms with Gasteiger partial charge in [0.25, 0.3) is 0 Å². The van der Waals surface area contributed by atoms with Crippen molar-refractivity contribution in [1.82, 2.24) is 4.98 Å². The number of hydrogen-bond acceptors (Lipinski definition) is 3. The van der Waals surface area contributed by atoms with E-state index in [-0.39, 0.29) is 10.9 Å². The van der Waals surface area contributed by atoms with E-state index in [1.165, 1.54) is 12.3 Å². The highest BCUT2D eigenvalue weighted by molar-refractivity contribution is 6.33. The third-order valence-electron chi connectivity index (χ3n) is 1.12. The van der Waals surface area contributed by atoms with Crippen LogP contribution in [0, 0.1) is 0 Å². The summed E-state index contributed by atoms with van der Waals surface area (Å²) >= 11 is 11.2. The van der Waals surface area contributed by atoms with Crippen molar-refractivity contribution < 1.29 is 14.6 Å². The molecule has 0 atom stereocenters. The first-order valence-electron chi connectivity index (χ1n) is 3.25. The Bertz CT molecular complexity index is 330. The van der Waals surface area contributed by atoms with Gasteiger partial charge in [0.1, 0.15) is 0 Å². The third-order valence-corrected chi connectivity index (χ3v) is 1.62. The van der Waals surface area contributed by atoms with Crippen molar-refractivity contribution in [1.29, 1.82) is 0 Å². The van der Waals surface area contributed by atoms with Gasteiger partial charge in [-0.05, 0) is 0 Å². The molecule has 0 aromatic carbocycles. The van der Waals surface area contributed by atoms with Crippen LogP contribution in [0.2, 0.25) is 10.2 Å². The summed E-state index contributed by atoms with van der Waals surface area (Å²) in [5.74, 6) is -0.924. The van der Waals surface area contributed by atoms with Gasteiger partial charge in [0, 0.05) is 12.3 Å². The molecule has 0 aliphatic heterocycles. The van der Waals surface area contributed by atoms with Crippen molar-refractivity contribution in [3.05, 3.63) is 22.4 Å². The minimum absolute atomic E-state index is 0.0886. The average molecular weight is 222 g/mol. The molecule has 0 saturated carbocycles. The molecule has 0 aliphatic carbocycles. The fourth-order valence-corrected chi connectivity index (χ4v) is 0.951. The van der Waals surface area contributed by atoms with Crippen LogP contribution in [0.4, 0.5) is 0 Å². The van der Waals surface area contributed by atoms with E-state index < -0.39 is 12.6 Å². The van der Waals surface area contributed by atoms with Crippen LogP contribution in [0.25, 0.3) is 0 Å². The van der Waals surface area contributed by atoms with E-state index in [1.54, 1.807) is 0 Å². The summed E-state index contributed by atoms with van der Waals surface area (Å²) in [5.41, 5.74) is 0. The molecule has 0 amide bonds. The van der Waals surface area contributed by atoms with E-state index in [9.17, 15) is 4.79 Å².